The largest absolute Gasteiger partial charge is 0.492 e. The summed E-state index contributed by atoms with van der Waals surface area (Å²) in [6, 6.07) is 24.3. The Hall–Kier alpha value is -4.24. The molecule has 1 aromatic heterocycles. The highest BCUT2D eigenvalue weighted by Gasteiger charge is 2.35. The van der Waals surface area contributed by atoms with Crippen molar-refractivity contribution >= 4 is 29.3 Å². The third kappa shape index (κ3) is 6.15. The third-order valence-electron chi connectivity index (χ3n) is 6.39. The molecule has 40 heavy (non-hydrogen) atoms. The zero-order chi connectivity index (χ0) is 27.9. The number of ether oxygens (including phenoxy) is 2. The standard InChI is InChI=1S/C31H33N5O3S/c1-4-6-19-40-31-34-30-32-21(3)27(29(37)33-25-17-10-11-18-26(25)38-5-2)28(36(30)35-31)22-13-12-16-24(20-22)39-23-14-8-7-9-15-23/h7-18,20,28H,4-6,19H2,1-3H3,(H,33,37)(H,32,34,35). The summed E-state index contributed by atoms with van der Waals surface area (Å²) in [6.45, 7) is 6.46. The summed E-state index contributed by atoms with van der Waals surface area (Å²) >= 11 is 1.62. The van der Waals surface area contributed by atoms with Gasteiger partial charge in [-0.3, -0.25) is 4.79 Å². The Balaban J connectivity index is 1.53. The van der Waals surface area contributed by atoms with E-state index in [-0.39, 0.29) is 5.91 Å². The number of thioether (sulfide) groups is 1. The molecule has 1 amide bonds. The van der Waals surface area contributed by atoms with Crippen molar-refractivity contribution in [2.45, 2.75) is 44.8 Å². The minimum atomic E-state index is -0.525. The second-order valence-electron chi connectivity index (χ2n) is 9.30. The molecule has 0 spiro atoms. The van der Waals surface area contributed by atoms with Crippen LogP contribution >= 0.6 is 11.8 Å². The molecule has 1 aliphatic heterocycles. The minimum Gasteiger partial charge on any atom is -0.492 e. The second-order valence-corrected chi connectivity index (χ2v) is 10.4. The first-order valence-corrected chi connectivity index (χ1v) is 14.5. The maximum absolute atomic E-state index is 14.0. The van der Waals surface area contributed by atoms with E-state index in [9.17, 15) is 4.79 Å². The molecule has 0 saturated carbocycles. The summed E-state index contributed by atoms with van der Waals surface area (Å²) in [4.78, 5) is 18.7. The average Bonchev–Trinajstić information content (AvgIpc) is 3.36. The van der Waals surface area contributed by atoms with Crippen molar-refractivity contribution in [3.63, 3.8) is 0 Å². The van der Waals surface area contributed by atoms with Gasteiger partial charge in [-0.2, -0.15) is 4.98 Å². The number of carbonyl (C=O) groups is 1. The molecule has 2 heterocycles. The summed E-state index contributed by atoms with van der Waals surface area (Å²) in [5, 5.41) is 11.9. The smallest absolute Gasteiger partial charge is 0.255 e. The van der Waals surface area contributed by atoms with Crippen molar-refractivity contribution in [2.24, 2.45) is 0 Å². The van der Waals surface area contributed by atoms with Gasteiger partial charge in [-0.15, -0.1) is 5.10 Å². The van der Waals surface area contributed by atoms with E-state index in [1.807, 2.05) is 92.7 Å². The van der Waals surface area contributed by atoms with Gasteiger partial charge in [-0.05, 0) is 62.2 Å². The molecule has 0 aliphatic carbocycles. The van der Waals surface area contributed by atoms with E-state index in [4.69, 9.17) is 19.6 Å². The van der Waals surface area contributed by atoms with Crippen LogP contribution in [0.2, 0.25) is 0 Å². The normalized spacial score (nSPS) is 14.3. The van der Waals surface area contributed by atoms with Gasteiger partial charge in [0.1, 0.15) is 23.3 Å². The van der Waals surface area contributed by atoms with Crippen LogP contribution in [0.25, 0.3) is 0 Å². The van der Waals surface area contributed by atoms with E-state index < -0.39 is 6.04 Å². The molecule has 0 saturated heterocycles. The maximum atomic E-state index is 14.0. The van der Waals surface area contributed by atoms with E-state index in [1.165, 1.54) is 0 Å². The van der Waals surface area contributed by atoms with Crippen molar-refractivity contribution in [3.05, 3.63) is 95.7 Å². The summed E-state index contributed by atoms with van der Waals surface area (Å²) in [6.07, 6.45) is 2.18. The maximum Gasteiger partial charge on any atom is 0.255 e. The molecule has 5 rings (SSSR count). The predicted octanol–water partition coefficient (Wildman–Crippen LogP) is 7.29. The number of anilines is 2. The zero-order valence-corrected chi connectivity index (χ0v) is 23.7. The fourth-order valence-electron chi connectivity index (χ4n) is 4.52. The number of amides is 1. The van der Waals surface area contributed by atoms with Crippen molar-refractivity contribution in [3.8, 4) is 17.2 Å². The average molecular weight is 556 g/mol. The van der Waals surface area contributed by atoms with E-state index in [0.717, 1.165) is 29.9 Å². The Labute approximate surface area is 238 Å². The van der Waals surface area contributed by atoms with Gasteiger partial charge in [0.05, 0.1) is 17.9 Å². The molecule has 8 nitrogen and oxygen atoms in total. The zero-order valence-electron chi connectivity index (χ0n) is 22.9. The van der Waals surface area contributed by atoms with Gasteiger partial charge < -0.3 is 20.1 Å². The summed E-state index contributed by atoms with van der Waals surface area (Å²) < 4.78 is 13.7. The Bertz CT molecular complexity index is 1500. The lowest BCUT2D eigenvalue weighted by Crippen LogP contribution is -2.31. The Morgan fingerprint density at radius 2 is 1.80 bits per heavy atom. The van der Waals surface area contributed by atoms with E-state index in [0.29, 0.717) is 46.2 Å². The number of allylic oxidation sites excluding steroid dienone is 1. The van der Waals surface area contributed by atoms with Crippen LogP contribution in [0, 0.1) is 0 Å². The van der Waals surface area contributed by atoms with Crippen LogP contribution in [-0.2, 0) is 4.79 Å². The number of benzene rings is 3. The first-order chi connectivity index (χ1) is 19.6. The first-order valence-electron chi connectivity index (χ1n) is 13.5. The first kappa shape index (κ1) is 27.3. The quantitative estimate of drug-likeness (QED) is 0.148. The van der Waals surface area contributed by atoms with Crippen molar-refractivity contribution in [2.75, 3.05) is 23.0 Å². The van der Waals surface area contributed by atoms with Crippen LogP contribution in [0.15, 0.2) is 95.3 Å². The van der Waals surface area contributed by atoms with Crippen LogP contribution < -0.4 is 20.1 Å². The topological polar surface area (TPSA) is 90.3 Å². The predicted molar refractivity (Wildman–Crippen MR) is 159 cm³/mol. The molecule has 0 fully saturated rings. The third-order valence-corrected chi connectivity index (χ3v) is 7.32. The Morgan fingerprint density at radius 1 is 1.02 bits per heavy atom. The van der Waals surface area contributed by atoms with Gasteiger partial charge in [-0.1, -0.05) is 67.6 Å². The van der Waals surface area contributed by atoms with Gasteiger partial charge in [0.25, 0.3) is 5.91 Å². The number of para-hydroxylation sites is 3. The van der Waals surface area contributed by atoms with Crippen LogP contribution in [0.1, 0.15) is 45.2 Å². The van der Waals surface area contributed by atoms with Crippen LogP contribution in [-0.4, -0.2) is 33.0 Å². The number of hydrogen-bond donors (Lipinski definition) is 2. The second kappa shape index (κ2) is 12.7. The molecule has 0 radical (unpaired) electrons. The molecular formula is C31H33N5O3S. The lowest BCUT2D eigenvalue weighted by Gasteiger charge is -2.29. The number of rotatable bonds is 11. The van der Waals surface area contributed by atoms with Gasteiger partial charge >= 0.3 is 0 Å². The van der Waals surface area contributed by atoms with Gasteiger partial charge in [0.2, 0.25) is 11.1 Å². The molecule has 206 valence electrons. The van der Waals surface area contributed by atoms with Crippen LogP contribution in [0.4, 0.5) is 11.6 Å². The summed E-state index contributed by atoms with van der Waals surface area (Å²) in [7, 11) is 0. The Morgan fingerprint density at radius 3 is 2.60 bits per heavy atom. The monoisotopic (exact) mass is 555 g/mol. The fourth-order valence-corrected chi connectivity index (χ4v) is 5.43. The highest BCUT2D eigenvalue weighted by Crippen LogP contribution is 2.38. The molecule has 2 N–H and O–H groups in total. The molecule has 1 atom stereocenters. The number of unbranched alkanes of at least 4 members (excludes halogenated alkanes) is 1. The number of nitrogens with zero attached hydrogens (tertiary/aromatic N) is 3. The molecule has 1 aliphatic rings. The molecule has 9 heteroatoms. The number of hydrogen-bond acceptors (Lipinski definition) is 7. The minimum absolute atomic E-state index is 0.252. The lowest BCUT2D eigenvalue weighted by molar-refractivity contribution is -0.113. The van der Waals surface area contributed by atoms with Crippen molar-refractivity contribution in [1.82, 2.24) is 14.8 Å². The number of carbonyl (C=O) groups excluding carboxylic acids is 1. The van der Waals surface area contributed by atoms with E-state index >= 15 is 0 Å². The highest BCUT2D eigenvalue weighted by atomic mass is 32.2. The molecule has 4 aromatic rings. The SMILES string of the molecule is CCCCSc1nc2n(n1)C(c1cccc(Oc3ccccc3)c1)C(C(=O)Nc1ccccc1OCC)=C(C)N2. The molecule has 3 aromatic carbocycles. The van der Waals surface area contributed by atoms with Crippen LogP contribution in [0.3, 0.4) is 0 Å². The van der Waals surface area contributed by atoms with E-state index in [1.54, 1.807) is 16.4 Å². The summed E-state index contributed by atoms with van der Waals surface area (Å²) in [5.74, 6) is 3.30. The molecule has 0 bridgehead atoms. The van der Waals surface area contributed by atoms with Crippen molar-refractivity contribution in [1.29, 1.82) is 0 Å². The van der Waals surface area contributed by atoms with Gasteiger partial charge in [0.15, 0.2) is 0 Å². The molecule has 1 unspecified atom stereocenters. The van der Waals surface area contributed by atoms with Gasteiger partial charge in [0, 0.05) is 11.4 Å². The highest BCUT2D eigenvalue weighted by molar-refractivity contribution is 7.99. The van der Waals surface area contributed by atoms with Gasteiger partial charge in [-0.25, -0.2) is 4.68 Å². The number of nitrogens with one attached hydrogen (secondary N) is 2. The fraction of sp³-hybridized carbons (Fsp3) is 0.258. The lowest BCUT2D eigenvalue weighted by atomic mass is 9.94. The van der Waals surface area contributed by atoms with Crippen LogP contribution in [0.5, 0.6) is 17.2 Å². The number of fused-ring (bicyclic) bond motifs is 1. The summed E-state index contributed by atoms with van der Waals surface area (Å²) in [5.41, 5.74) is 2.70. The Kier molecular flexibility index (Phi) is 8.71. The van der Waals surface area contributed by atoms with E-state index in [2.05, 4.69) is 17.6 Å². The van der Waals surface area contributed by atoms with Crippen molar-refractivity contribution < 1.29 is 14.3 Å². The number of aromatic nitrogens is 3. The molecular weight excluding hydrogens is 522 g/mol.